The number of pyridine rings is 3. The standard InChI is InChI=1S/2C44H27N5.C43H26N6/c45-28-29-12-11-15-33(26-29)39-27-38(30-13-3-1-4-14-30)47-44(48-39)32-24-22-31(23-25-32)42-41-36-19-8-10-21-40(36)49(34-16-5-2-6-17-34)43(41)35-18-7-9-20-37(35)46-42;45-28-29-19-21-30(22-20-29)38-27-39(48-44(47-38)33-11-3-1-4-12-33)31-23-25-32(26-24-31)42-41-36-16-8-10-18-40(36)49(34-13-5-2-6-14-34)43(41)35-15-7-9-17-37(35)46-42;44-27-28-19-21-31(22-20-28)42-46-41(30-11-3-1-4-12-30)47-43(48-42)32-25-23-29(24-26-32)39-38-35-16-8-10-18-37(35)49(33-13-5-2-6-14-33)40(38)34-15-7-9-17-36(34)45-39/h2*1-27H;1-26H. The normalized spacial score (nSPS) is 11.2. The zero-order chi connectivity index (χ0) is 98.2. The van der Waals surface area contributed by atoms with E-state index in [9.17, 15) is 15.8 Å². The second kappa shape index (κ2) is 38.1. The molecule has 684 valence electrons. The van der Waals surface area contributed by atoms with Crippen molar-refractivity contribution >= 4 is 98.1 Å². The van der Waals surface area contributed by atoms with Crippen LogP contribution in [0.5, 0.6) is 0 Å². The average Bonchev–Trinajstić information content (AvgIpc) is 1.57. The van der Waals surface area contributed by atoms with Crippen molar-refractivity contribution in [3.8, 4) is 171 Å². The lowest BCUT2D eigenvalue weighted by molar-refractivity contribution is 1.07. The lowest BCUT2D eigenvalue weighted by Gasteiger charge is -2.12. The molecular formula is C131H80N16. The van der Waals surface area contributed by atoms with E-state index in [0.29, 0.717) is 45.8 Å². The number of aromatic nitrogens is 13. The van der Waals surface area contributed by atoms with Crippen LogP contribution in [0.15, 0.2) is 485 Å². The minimum Gasteiger partial charge on any atom is -0.308 e. The predicted molar refractivity (Wildman–Crippen MR) is 592 cm³/mol. The second-order valence-electron chi connectivity index (χ2n) is 35.8. The summed E-state index contributed by atoms with van der Waals surface area (Å²) in [5.41, 5.74) is 32.0. The largest absolute Gasteiger partial charge is 0.308 e. The van der Waals surface area contributed by atoms with Crippen molar-refractivity contribution in [1.29, 1.82) is 15.8 Å². The van der Waals surface area contributed by atoms with Crippen LogP contribution in [0.25, 0.3) is 251 Å². The Hall–Kier alpha value is -20.8. The van der Waals surface area contributed by atoms with E-state index in [1.54, 1.807) is 18.2 Å². The molecule has 16 heteroatoms. The molecule has 0 fully saturated rings. The highest BCUT2D eigenvalue weighted by Gasteiger charge is 2.27. The molecule has 9 heterocycles. The number of para-hydroxylation sites is 9. The minimum atomic E-state index is 0.545. The van der Waals surface area contributed by atoms with Crippen molar-refractivity contribution in [2.75, 3.05) is 0 Å². The van der Waals surface area contributed by atoms with Gasteiger partial charge in [-0.15, -0.1) is 0 Å². The summed E-state index contributed by atoms with van der Waals surface area (Å²) in [6.45, 7) is 0. The Balaban J connectivity index is 0.000000115. The highest BCUT2D eigenvalue weighted by Crippen LogP contribution is 2.47. The lowest BCUT2D eigenvalue weighted by atomic mass is 10.00. The smallest absolute Gasteiger partial charge is 0.164 e. The van der Waals surface area contributed by atoms with Crippen LogP contribution in [0.4, 0.5) is 0 Å². The Bertz CT molecular complexity index is 9520. The summed E-state index contributed by atoms with van der Waals surface area (Å²) in [6, 6.07) is 171. The van der Waals surface area contributed by atoms with Gasteiger partial charge in [0.05, 0.1) is 124 Å². The van der Waals surface area contributed by atoms with Gasteiger partial charge in [-0.2, -0.15) is 15.8 Å². The molecule has 0 aliphatic carbocycles. The Labute approximate surface area is 844 Å². The Morgan fingerprint density at radius 1 is 0.163 bits per heavy atom. The highest BCUT2D eigenvalue weighted by atomic mass is 15.0. The molecule has 0 unspecified atom stereocenters. The first-order valence-electron chi connectivity index (χ1n) is 48.4. The van der Waals surface area contributed by atoms with Gasteiger partial charge in [-0.25, -0.2) is 49.8 Å². The molecule has 0 spiro atoms. The number of hydrogen-bond acceptors (Lipinski definition) is 13. The summed E-state index contributed by atoms with van der Waals surface area (Å²) in [6.07, 6.45) is 0. The number of hydrogen-bond donors (Lipinski definition) is 0. The van der Waals surface area contributed by atoms with Gasteiger partial charge in [0.1, 0.15) is 0 Å². The molecule has 0 aliphatic rings. The molecule has 147 heavy (non-hydrogen) atoms. The second-order valence-corrected chi connectivity index (χ2v) is 35.8. The fourth-order valence-corrected chi connectivity index (χ4v) is 20.0. The van der Waals surface area contributed by atoms with Crippen molar-refractivity contribution in [2.45, 2.75) is 0 Å². The Kier molecular flexibility index (Phi) is 22.7. The van der Waals surface area contributed by atoms with Crippen LogP contribution in [-0.2, 0) is 0 Å². The van der Waals surface area contributed by atoms with Crippen molar-refractivity contribution in [3.63, 3.8) is 0 Å². The van der Waals surface area contributed by atoms with Crippen LogP contribution in [-0.4, -0.2) is 63.5 Å². The molecule has 16 nitrogen and oxygen atoms in total. The van der Waals surface area contributed by atoms with Gasteiger partial charge in [-0.05, 0) is 133 Å². The number of nitrogens with zero attached hydrogens (tertiary/aromatic N) is 16. The third kappa shape index (κ3) is 16.5. The van der Waals surface area contributed by atoms with Crippen LogP contribution in [0.3, 0.4) is 0 Å². The van der Waals surface area contributed by atoms with Crippen molar-refractivity contribution in [1.82, 2.24) is 63.5 Å². The molecule has 0 radical (unpaired) electrons. The van der Waals surface area contributed by atoms with E-state index in [4.69, 9.17) is 49.8 Å². The molecule has 0 aliphatic heterocycles. The zero-order valence-electron chi connectivity index (χ0n) is 78.8. The maximum absolute atomic E-state index is 9.55. The van der Waals surface area contributed by atoms with Crippen LogP contribution in [0.2, 0.25) is 0 Å². The van der Waals surface area contributed by atoms with Gasteiger partial charge in [-0.1, -0.05) is 352 Å². The van der Waals surface area contributed by atoms with E-state index in [2.05, 4.69) is 323 Å². The molecule has 18 aromatic carbocycles. The molecule has 0 amide bonds. The predicted octanol–water partition coefficient (Wildman–Crippen LogP) is 31.4. The topological polar surface area (TPSA) is 215 Å². The fourth-order valence-electron chi connectivity index (χ4n) is 20.0. The van der Waals surface area contributed by atoms with Crippen LogP contribution < -0.4 is 0 Å². The number of rotatable bonds is 15. The van der Waals surface area contributed by atoms with Crippen LogP contribution >= 0.6 is 0 Å². The Morgan fingerprint density at radius 2 is 0.395 bits per heavy atom. The van der Waals surface area contributed by atoms with Gasteiger partial charge < -0.3 is 13.7 Å². The third-order valence-electron chi connectivity index (χ3n) is 26.9. The van der Waals surface area contributed by atoms with E-state index >= 15 is 0 Å². The average molecular weight is 1880 g/mol. The summed E-state index contributed by atoms with van der Waals surface area (Å²) in [5, 5.41) is 38.3. The van der Waals surface area contributed by atoms with Crippen molar-refractivity contribution in [2.24, 2.45) is 0 Å². The van der Waals surface area contributed by atoms with Crippen LogP contribution in [0, 0.1) is 34.0 Å². The lowest BCUT2D eigenvalue weighted by Crippen LogP contribution is -2.00. The molecule has 0 bridgehead atoms. The monoisotopic (exact) mass is 1880 g/mol. The van der Waals surface area contributed by atoms with Gasteiger partial charge in [0, 0.05) is 132 Å². The first kappa shape index (κ1) is 87.7. The number of fused-ring (bicyclic) bond motifs is 15. The molecule has 0 atom stereocenters. The maximum atomic E-state index is 9.55. The first-order valence-corrected chi connectivity index (χ1v) is 48.4. The zero-order valence-corrected chi connectivity index (χ0v) is 78.8. The van der Waals surface area contributed by atoms with Gasteiger partial charge >= 0.3 is 0 Å². The highest BCUT2D eigenvalue weighted by molar-refractivity contribution is 6.25. The molecule has 0 N–H and O–H groups in total. The molecule has 27 aromatic rings. The maximum Gasteiger partial charge on any atom is 0.164 e. The van der Waals surface area contributed by atoms with Gasteiger partial charge in [0.25, 0.3) is 0 Å². The summed E-state index contributed by atoms with van der Waals surface area (Å²) in [4.78, 5) is 50.5. The SMILES string of the molecule is N#Cc1ccc(-c2cc(-c3ccc(-c4nc5ccccc5c5c4c4ccccc4n5-c4ccccc4)cc3)nc(-c3ccccc3)n2)cc1.N#Cc1ccc(-c2nc(-c3ccccc3)nc(-c3ccc(-c4nc5ccccc5c5c4c4ccccc4n5-c4ccccc4)cc3)n2)cc1.N#Cc1cccc(-c2cc(-c3ccccc3)nc(-c3ccc(-c4nc5ccccc5c5c4c4ccccc4n5-c4ccccc4)cc3)n2)c1. The van der Waals surface area contributed by atoms with E-state index in [-0.39, 0.29) is 0 Å². The molecule has 27 rings (SSSR count). The number of nitriles is 3. The quantitative estimate of drug-likeness (QED) is 0.0935. The van der Waals surface area contributed by atoms with Crippen molar-refractivity contribution < 1.29 is 0 Å². The molecular weight excluding hydrogens is 1800 g/mol. The summed E-state index contributed by atoms with van der Waals surface area (Å²) < 4.78 is 7.08. The number of benzene rings is 18. The van der Waals surface area contributed by atoms with Crippen molar-refractivity contribution in [3.05, 3.63) is 502 Å². The first-order chi connectivity index (χ1) is 72.7. The van der Waals surface area contributed by atoms with Gasteiger partial charge in [0.15, 0.2) is 29.1 Å². The fraction of sp³-hybridized carbons (Fsp3) is 0. The van der Waals surface area contributed by atoms with E-state index in [1.807, 2.05) is 176 Å². The van der Waals surface area contributed by atoms with E-state index in [0.717, 1.165) is 222 Å². The Morgan fingerprint density at radius 3 is 0.721 bits per heavy atom. The van der Waals surface area contributed by atoms with Gasteiger partial charge in [-0.3, -0.25) is 0 Å². The summed E-state index contributed by atoms with van der Waals surface area (Å²) in [5.74, 6) is 2.96. The molecule has 9 aromatic heterocycles. The van der Waals surface area contributed by atoms with Gasteiger partial charge in [0.2, 0.25) is 0 Å². The minimum absolute atomic E-state index is 0.545. The van der Waals surface area contributed by atoms with Crippen LogP contribution in [0.1, 0.15) is 16.7 Å². The van der Waals surface area contributed by atoms with E-state index in [1.165, 1.54) is 0 Å². The summed E-state index contributed by atoms with van der Waals surface area (Å²) in [7, 11) is 0. The third-order valence-corrected chi connectivity index (χ3v) is 26.9. The molecule has 0 saturated heterocycles. The molecule has 0 saturated carbocycles. The summed E-state index contributed by atoms with van der Waals surface area (Å²) >= 11 is 0. The van der Waals surface area contributed by atoms with E-state index < -0.39 is 0 Å².